The van der Waals surface area contributed by atoms with E-state index < -0.39 is 0 Å². The SMILES string of the molecule is CCC1(CC)C=CC(C2CCCCC2)O1. The molecule has 2 rings (SSSR count). The van der Waals surface area contributed by atoms with Crippen molar-refractivity contribution in [3.8, 4) is 0 Å². The predicted molar refractivity (Wildman–Crippen MR) is 63.9 cm³/mol. The molecule has 15 heavy (non-hydrogen) atoms. The van der Waals surface area contributed by atoms with Crippen molar-refractivity contribution in [2.45, 2.75) is 70.5 Å². The molecule has 0 radical (unpaired) electrons. The molecule has 0 saturated heterocycles. The lowest BCUT2D eigenvalue weighted by Gasteiger charge is -2.31. The molecular weight excluding hydrogens is 184 g/mol. The Kier molecular flexibility index (Phi) is 3.50. The summed E-state index contributed by atoms with van der Waals surface area (Å²) in [7, 11) is 0. The van der Waals surface area contributed by atoms with Gasteiger partial charge in [-0.2, -0.15) is 0 Å². The van der Waals surface area contributed by atoms with Crippen molar-refractivity contribution < 1.29 is 4.74 Å². The zero-order valence-electron chi connectivity index (χ0n) is 10.2. The molecule has 0 aromatic carbocycles. The van der Waals surface area contributed by atoms with Gasteiger partial charge in [0.25, 0.3) is 0 Å². The average molecular weight is 208 g/mol. The van der Waals surface area contributed by atoms with Crippen LogP contribution in [0.5, 0.6) is 0 Å². The fraction of sp³-hybridized carbons (Fsp3) is 0.857. The van der Waals surface area contributed by atoms with Crippen molar-refractivity contribution in [1.29, 1.82) is 0 Å². The Labute approximate surface area is 93.9 Å². The first-order valence-corrected chi connectivity index (χ1v) is 6.67. The average Bonchev–Trinajstić information content (AvgIpc) is 2.75. The molecule has 1 unspecified atom stereocenters. The van der Waals surface area contributed by atoms with Gasteiger partial charge in [0.1, 0.15) is 0 Å². The van der Waals surface area contributed by atoms with Crippen LogP contribution in [0.15, 0.2) is 12.2 Å². The maximum absolute atomic E-state index is 6.28. The molecule has 1 nitrogen and oxygen atoms in total. The first kappa shape index (κ1) is 11.2. The van der Waals surface area contributed by atoms with E-state index in [2.05, 4.69) is 26.0 Å². The molecule has 1 heteroatoms. The van der Waals surface area contributed by atoms with Gasteiger partial charge in [-0.3, -0.25) is 0 Å². The third-order valence-corrected chi connectivity index (χ3v) is 4.27. The number of hydrogen-bond donors (Lipinski definition) is 0. The molecular formula is C14H24O. The molecule has 0 aromatic heterocycles. The Hall–Kier alpha value is -0.300. The van der Waals surface area contributed by atoms with Crippen LogP contribution >= 0.6 is 0 Å². The highest BCUT2D eigenvalue weighted by Crippen LogP contribution is 2.37. The zero-order chi connectivity index (χ0) is 10.7. The lowest BCUT2D eigenvalue weighted by Crippen LogP contribution is -2.31. The fourth-order valence-electron chi connectivity index (χ4n) is 2.99. The van der Waals surface area contributed by atoms with E-state index in [-0.39, 0.29) is 5.60 Å². The Balaban J connectivity index is 1.94. The number of rotatable bonds is 3. The molecule has 0 aromatic rings. The summed E-state index contributed by atoms with van der Waals surface area (Å²) < 4.78 is 6.28. The lowest BCUT2D eigenvalue weighted by molar-refractivity contribution is -0.0569. The topological polar surface area (TPSA) is 9.23 Å². The van der Waals surface area contributed by atoms with Crippen molar-refractivity contribution >= 4 is 0 Å². The molecule has 0 spiro atoms. The van der Waals surface area contributed by atoms with Crippen LogP contribution < -0.4 is 0 Å². The second-order valence-electron chi connectivity index (χ2n) is 5.11. The quantitative estimate of drug-likeness (QED) is 0.635. The standard InChI is InChI=1S/C14H24O/c1-3-14(4-2)11-10-13(15-14)12-8-6-5-7-9-12/h10-13H,3-9H2,1-2H3. The van der Waals surface area contributed by atoms with Gasteiger partial charge in [-0.15, -0.1) is 0 Å². The Morgan fingerprint density at radius 2 is 1.80 bits per heavy atom. The minimum Gasteiger partial charge on any atom is -0.363 e. The molecule has 0 bridgehead atoms. The van der Waals surface area contributed by atoms with Crippen LogP contribution in [0.3, 0.4) is 0 Å². The van der Waals surface area contributed by atoms with Crippen LogP contribution in [0.2, 0.25) is 0 Å². The number of ether oxygens (including phenoxy) is 1. The van der Waals surface area contributed by atoms with E-state index in [1.165, 1.54) is 32.1 Å². The van der Waals surface area contributed by atoms with E-state index in [0.717, 1.165) is 18.8 Å². The minimum atomic E-state index is 0.0715. The van der Waals surface area contributed by atoms with Gasteiger partial charge >= 0.3 is 0 Å². The zero-order valence-corrected chi connectivity index (χ0v) is 10.2. The number of hydrogen-bond acceptors (Lipinski definition) is 1. The molecule has 1 aliphatic carbocycles. The third-order valence-electron chi connectivity index (χ3n) is 4.27. The second kappa shape index (κ2) is 4.69. The molecule has 1 saturated carbocycles. The molecule has 0 N–H and O–H groups in total. The van der Waals surface area contributed by atoms with Gasteiger partial charge in [0, 0.05) is 0 Å². The summed E-state index contributed by atoms with van der Waals surface area (Å²) in [5.74, 6) is 0.801. The molecule has 0 amide bonds. The smallest absolute Gasteiger partial charge is 0.0866 e. The maximum Gasteiger partial charge on any atom is 0.0866 e. The van der Waals surface area contributed by atoms with Gasteiger partial charge in [-0.05, 0) is 31.6 Å². The van der Waals surface area contributed by atoms with Crippen molar-refractivity contribution in [3.63, 3.8) is 0 Å². The Bertz CT molecular complexity index is 221. The monoisotopic (exact) mass is 208 g/mol. The van der Waals surface area contributed by atoms with Gasteiger partial charge in [0.05, 0.1) is 11.7 Å². The summed E-state index contributed by atoms with van der Waals surface area (Å²) in [4.78, 5) is 0. The molecule has 1 atom stereocenters. The Morgan fingerprint density at radius 3 is 2.33 bits per heavy atom. The van der Waals surface area contributed by atoms with Crippen LogP contribution in [0.4, 0.5) is 0 Å². The highest BCUT2D eigenvalue weighted by molar-refractivity contribution is 5.12. The minimum absolute atomic E-state index is 0.0715. The van der Waals surface area contributed by atoms with Crippen LogP contribution in [0, 0.1) is 5.92 Å². The van der Waals surface area contributed by atoms with Crippen molar-refractivity contribution in [2.75, 3.05) is 0 Å². The molecule has 2 aliphatic rings. The highest BCUT2D eigenvalue weighted by Gasteiger charge is 2.35. The first-order chi connectivity index (χ1) is 7.29. The van der Waals surface area contributed by atoms with Crippen LogP contribution in [0.25, 0.3) is 0 Å². The summed E-state index contributed by atoms with van der Waals surface area (Å²) in [6.45, 7) is 4.47. The van der Waals surface area contributed by atoms with E-state index in [9.17, 15) is 0 Å². The summed E-state index contributed by atoms with van der Waals surface area (Å²) in [5, 5.41) is 0. The summed E-state index contributed by atoms with van der Waals surface area (Å²) in [6.07, 6.45) is 14.3. The third kappa shape index (κ3) is 2.28. The molecule has 1 fully saturated rings. The normalized spacial score (nSPS) is 30.9. The van der Waals surface area contributed by atoms with Crippen LogP contribution in [-0.2, 0) is 4.74 Å². The van der Waals surface area contributed by atoms with Gasteiger partial charge in [-0.1, -0.05) is 45.3 Å². The molecule has 86 valence electrons. The summed E-state index contributed by atoms with van der Waals surface area (Å²) in [5.41, 5.74) is 0.0715. The first-order valence-electron chi connectivity index (χ1n) is 6.67. The van der Waals surface area contributed by atoms with E-state index in [1.54, 1.807) is 0 Å². The predicted octanol–water partition coefficient (Wildman–Crippen LogP) is 4.08. The van der Waals surface area contributed by atoms with Gasteiger partial charge in [0.15, 0.2) is 0 Å². The second-order valence-corrected chi connectivity index (χ2v) is 5.11. The van der Waals surface area contributed by atoms with Crippen molar-refractivity contribution in [2.24, 2.45) is 5.92 Å². The van der Waals surface area contributed by atoms with Crippen LogP contribution in [-0.4, -0.2) is 11.7 Å². The van der Waals surface area contributed by atoms with Gasteiger partial charge < -0.3 is 4.74 Å². The summed E-state index contributed by atoms with van der Waals surface area (Å²) in [6, 6.07) is 0. The van der Waals surface area contributed by atoms with Crippen molar-refractivity contribution in [1.82, 2.24) is 0 Å². The fourth-order valence-corrected chi connectivity index (χ4v) is 2.99. The molecule has 1 heterocycles. The van der Waals surface area contributed by atoms with E-state index >= 15 is 0 Å². The van der Waals surface area contributed by atoms with Gasteiger partial charge in [0.2, 0.25) is 0 Å². The van der Waals surface area contributed by atoms with Crippen LogP contribution in [0.1, 0.15) is 58.8 Å². The largest absolute Gasteiger partial charge is 0.363 e. The lowest BCUT2D eigenvalue weighted by atomic mass is 9.85. The van der Waals surface area contributed by atoms with E-state index in [0.29, 0.717) is 6.10 Å². The maximum atomic E-state index is 6.28. The van der Waals surface area contributed by atoms with Crippen molar-refractivity contribution in [3.05, 3.63) is 12.2 Å². The van der Waals surface area contributed by atoms with Gasteiger partial charge in [-0.25, -0.2) is 0 Å². The van der Waals surface area contributed by atoms with E-state index in [4.69, 9.17) is 4.74 Å². The Morgan fingerprint density at radius 1 is 1.13 bits per heavy atom. The highest BCUT2D eigenvalue weighted by atomic mass is 16.5. The molecule has 1 aliphatic heterocycles. The van der Waals surface area contributed by atoms with E-state index in [1.807, 2.05) is 0 Å². The summed E-state index contributed by atoms with van der Waals surface area (Å²) >= 11 is 0.